The van der Waals surface area contributed by atoms with Crippen molar-refractivity contribution in [2.75, 3.05) is 0 Å². The van der Waals surface area contributed by atoms with E-state index in [0.717, 1.165) is 8.21 Å². The Kier molecular flexibility index (Phi) is 9.21. The molecule has 0 aromatic carbocycles. The topological polar surface area (TPSA) is 73.6 Å². The molecule has 0 saturated heterocycles. The first kappa shape index (κ1) is 17.7. The monoisotopic (exact) mass is 397 g/mol. The van der Waals surface area contributed by atoms with Crippen LogP contribution in [0.25, 0.3) is 0 Å². The average molecular weight is 395 g/mol. The standard InChI is InChI=1S/C15H25NO3Te/c1-2-3-4-5-6-7-8-20-15-14(19)13(11-18)12(10-17)9-16-15/h9,17-19H,2-8,10-11H2,1H3. The zero-order valence-electron chi connectivity index (χ0n) is 12.1. The number of unbranched alkanes of at least 4 members (excludes halogenated alkanes) is 5. The molecule has 0 fully saturated rings. The number of rotatable bonds is 10. The Bertz CT molecular complexity index is 399. The van der Waals surface area contributed by atoms with E-state index in [1.54, 1.807) is 6.20 Å². The third kappa shape index (κ3) is 5.57. The number of aliphatic hydroxyl groups is 2. The van der Waals surface area contributed by atoms with Crippen LogP contribution in [-0.2, 0) is 13.2 Å². The van der Waals surface area contributed by atoms with Crippen LogP contribution in [0, 0.1) is 0 Å². The van der Waals surface area contributed by atoms with Gasteiger partial charge in [-0.1, -0.05) is 0 Å². The fourth-order valence-electron chi connectivity index (χ4n) is 2.03. The summed E-state index contributed by atoms with van der Waals surface area (Å²) >= 11 is -0.504. The summed E-state index contributed by atoms with van der Waals surface area (Å²) in [4.78, 5) is 4.24. The van der Waals surface area contributed by atoms with Gasteiger partial charge in [0.2, 0.25) is 0 Å². The maximum atomic E-state index is 10.1. The molecule has 0 atom stereocenters. The molecule has 0 radical (unpaired) electrons. The molecule has 0 amide bonds. The molecule has 0 aliphatic heterocycles. The van der Waals surface area contributed by atoms with Crippen molar-refractivity contribution in [1.82, 2.24) is 4.98 Å². The van der Waals surface area contributed by atoms with Crippen LogP contribution in [0.15, 0.2) is 6.20 Å². The van der Waals surface area contributed by atoms with Crippen molar-refractivity contribution < 1.29 is 15.3 Å². The number of aliphatic hydroxyl groups excluding tert-OH is 2. The molecule has 0 unspecified atom stereocenters. The second-order valence-electron chi connectivity index (χ2n) is 4.85. The van der Waals surface area contributed by atoms with E-state index in [0.29, 0.717) is 11.1 Å². The van der Waals surface area contributed by atoms with Crippen LogP contribution < -0.4 is 3.74 Å². The Labute approximate surface area is 131 Å². The molecule has 1 aromatic rings. The molecule has 0 saturated carbocycles. The van der Waals surface area contributed by atoms with Crippen molar-refractivity contribution in [3.8, 4) is 5.75 Å². The number of hydrogen-bond donors (Lipinski definition) is 3. The maximum absolute atomic E-state index is 10.1. The zero-order valence-corrected chi connectivity index (χ0v) is 14.5. The first-order valence-electron chi connectivity index (χ1n) is 7.28. The second-order valence-corrected chi connectivity index (χ2v) is 7.94. The van der Waals surface area contributed by atoms with Crippen molar-refractivity contribution in [1.29, 1.82) is 0 Å². The van der Waals surface area contributed by atoms with Crippen LogP contribution in [-0.4, -0.2) is 41.2 Å². The molecule has 0 aliphatic carbocycles. The molecule has 0 spiro atoms. The molecule has 4 nitrogen and oxygen atoms in total. The molecular formula is C15H25NO3Te. The molecular weight excluding hydrogens is 370 g/mol. The van der Waals surface area contributed by atoms with Gasteiger partial charge in [0.1, 0.15) is 0 Å². The summed E-state index contributed by atoms with van der Waals surface area (Å²) in [5.74, 6) is 0.104. The van der Waals surface area contributed by atoms with Gasteiger partial charge in [0.05, 0.1) is 0 Å². The summed E-state index contributed by atoms with van der Waals surface area (Å²) in [6.07, 6.45) is 9.24. The summed E-state index contributed by atoms with van der Waals surface area (Å²) in [5.41, 5.74) is 0.950. The number of aromatic hydroxyl groups is 1. The van der Waals surface area contributed by atoms with E-state index < -0.39 is 20.9 Å². The molecule has 3 N–H and O–H groups in total. The normalized spacial score (nSPS) is 10.9. The average Bonchev–Trinajstić information content (AvgIpc) is 2.47. The molecule has 0 bridgehead atoms. The van der Waals surface area contributed by atoms with Crippen molar-refractivity contribution in [3.05, 3.63) is 17.3 Å². The van der Waals surface area contributed by atoms with E-state index in [-0.39, 0.29) is 19.0 Å². The van der Waals surface area contributed by atoms with Crippen LogP contribution >= 0.6 is 0 Å². The van der Waals surface area contributed by atoms with Crippen LogP contribution in [0.5, 0.6) is 5.75 Å². The molecule has 1 aromatic heterocycles. The van der Waals surface area contributed by atoms with Crippen LogP contribution in [0.2, 0.25) is 4.47 Å². The zero-order chi connectivity index (χ0) is 14.8. The molecule has 5 heteroatoms. The number of aromatic nitrogens is 1. The van der Waals surface area contributed by atoms with E-state index in [4.69, 9.17) is 5.11 Å². The fraction of sp³-hybridized carbons (Fsp3) is 0.667. The molecule has 114 valence electrons. The van der Waals surface area contributed by atoms with Crippen LogP contribution in [0.4, 0.5) is 0 Å². The van der Waals surface area contributed by atoms with Crippen molar-refractivity contribution in [2.24, 2.45) is 0 Å². The van der Waals surface area contributed by atoms with Crippen LogP contribution in [0.3, 0.4) is 0 Å². The first-order valence-corrected chi connectivity index (χ1v) is 10.1. The van der Waals surface area contributed by atoms with E-state index in [2.05, 4.69) is 11.9 Å². The predicted octanol–water partition coefficient (Wildman–Crippen LogP) is 1.88. The Hall–Kier alpha value is -0.340. The van der Waals surface area contributed by atoms with Crippen molar-refractivity contribution in [3.63, 3.8) is 0 Å². The van der Waals surface area contributed by atoms with Gasteiger partial charge >= 0.3 is 131 Å². The molecule has 20 heavy (non-hydrogen) atoms. The number of nitrogens with zero attached hydrogens (tertiary/aromatic N) is 1. The number of hydrogen-bond acceptors (Lipinski definition) is 4. The summed E-state index contributed by atoms with van der Waals surface area (Å²) in [6, 6.07) is 0. The van der Waals surface area contributed by atoms with Gasteiger partial charge in [0, 0.05) is 0 Å². The van der Waals surface area contributed by atoms with E-state index in [9.17, 15) is 10.2 Å². The minimum atomic E-state index is -0.504. The van der Waals surface area contributed by atoms with E-state index >= 15 is 0 Å². The Morgan fingerprint density at radius 3 is 2.40 bits per heavy atom. The van der Waals surface area contributed by atoms with Gasteiger partial charge in [-0.15, -0.1) is 0 Å². The summed E-state index contributed by atoms with van der Waals surface area (Å²) < 4.78 is 1.88. The summed E-state index contributed by atoms with van der Waals surface area (Å²) in [5, 5.41) is 28.5. The Morgan fingerprint density at radius 2 is 1.75 bits per heavy atom. The van der Waals surface area contributed by atoms with Gasteiger partial charge < -0.3 is 0 Å². The van der Waals surface area contributed by atoms with Gasteiger partial charge in [0.15, 0.2) is 0 Å². The first-order chi connectivity index (χ1) is 9.74. The van der Waals surface area contributed by atoms with Gasteiger partial charge in [-0.25, -0.2) is 0 Å². The quantitative estimate of drug-likeness (QED) is 0.418. The third-order valence-corrected chi connectivity index (χ3v) is 6.32. The van der Waals surface area contributed by atoms with E-state index in [1.165, 1.54) is 38.5 Å². The summed E-state index contributed by atoms with van der Waals surface area (Å²) in [7, 11) is 0. The SMILES string of the molecule is CCCCCCCC[Te]c1ncc(CO)c(CO)c1O. The minimum absolute atomic E-state index is 0.104. The second kappa shape index (κ2) is 10.4. The third-order valence-electron chi connectivity index (χ3n) is 3.28. The molecule has 1 rings (SSSR count). The Balaban J connectivity index is 2.40. The Morgan fingerprint density at radius 1 is 1.05 bits per heavy atom. The van der Waals surface area contributed by atoms with Gasteiger partial charge in [-0.05, 0) is 0 Å². The van der Waals surface area contributed by atoms with Gasteiger partial charge in [-0.3, -0.25) is 0 Å². The molecule has 0 aliphatic rings. The van der Waals surface area contributed by atoms with Crippen molar-refractivity contribution in [2.45, 2.75) is 63.1 Å². The predicted molar refractivity (Wildman–Crippen MR) is 81.3 cm³/mol. The van der Waals surface area contributed by atoms with E-state index in [1.807, 2.05) is 0 Å². The summed E-state index contributed by atoms with van der Waals surface area (Å²) in [6.45, 7) is 1.77. The van der Waals surface area contributed by atoms with Gasteiger partial charge in [0.25, 0.3) is 0 Å². The molecule has 1 heterocycles. The van der Waals surface area contributed by atoms with Gasteiger partial charge in [-0.2, -0.15) is 0 Å². The van der Waals surface area contributed by atoms with Crippen molar-refractivity contribution >= 4 is 24.7 Å². The van der Waals surface area contributed by atoms with Crippen LogP contribution in [0.1, 0.15) is 56.6 Å². The number of pyridine rings is 1. The fourth-order valence-corrected chi connectivity index (χ4v) is 4.68.